The van der Waals surface area contributed by atoms with E-state index in [2.05, 4.69) is 20.0 Å². The van der Waals surface area contributed by atoms with Gasteiger partial charge in [-0.2, -0.15) is 0 Å². The number of Topliss-reactive ketones (excluding diaryl/α,β-unsaturated/α-hetero) is 1. The van der Waals surface area contributed by atoms with E-state index in [1.54, 1.807) is 32.2 Å². The van der Waals surface area contributed by atoms with Gasteiger partial charge in [0.15, 0.2) is 12.4 Å². The van der Waals surface area contributed by atoms with Crippen LogP contribution in [-0.4, -0.2) is 47.2 Å². The first-order chi connectivity index (χ1) is 12.3. The molecule has 0 aromatic carbocycles. The van der Waals surface area contributed by atoms with Crippen LogP contribution in [0.2, 0.25) is 0 Å². The SMILES string of the molecule is COC(C)(C)C(=O)NC(Cc1ccnc(N)c1)C(=O)COc1ccon1. The summed E-state index contributed by atoms with van der Waals surface area (Å²) in [6, 6.07) is 4.03. The Morgan fingerprint density at radius 3 is 2.77 bits per heavy atom. The first kappa shape index (κ1) is 19.4. The van der Waals surface area contributed by atoms with Gasteiger partial charge in [0.05, 0.1) is 6.04 Å². The molecule has 2 aromatic rings. The molecule has 0 fully saturated rings. The summed E-state index contributed by atoms with van der Waals surface area (Å²) in [6.45, 7) is 2.95. The van der Waals surface area contributed by atoms with E-state index in [-0.39, 0.29) is 24.7 Å². The van der Waals surface area contributed by atoms with Gasteiger partial charge < -0.3 is 25.0 Å². The number of ketones is 1. The standard InChI is InChI=1S/C17H22N4O5/c1-17(2,24-3)16(23)20-12(8-11-4-6-19-14(18)9-11)13(22)10-25-15-5-7-26-21-15/h4-7,9,12H,8,10H2,1-3H3,(H2,18,19)(H,20,23). The quantitative estimate of drug-likeness (QED) is 0.668. The Labute approximate surface area is 150 Å². The molecule has 0 saturated heterocycles. The highest BCUT2D eigenvalue weighted by Gasteiger charge is 2.31. The number of nitrogens with two attached hydrogens (primary N) is 1. The van der Waals surface area contributed by atoms with E-state index >= 15 is 0 Å². The molecule has 26 heavy (non-hydrogen) atoms. The molecule has 2 heterocycles. The highest BCUT2D eigenvalue weighted by molar-refractivity contribution is 5.92. The van der Waals surface area contributed by atoms with E-state index in [4.69, 9.17) is 15.2 Å². The molecule has 2 rings (SSSR count). The third kappa shape index (κ3) is 5.28. The highest BCUT2D eigenvalue weighted by atomic mass is 16.5. The van der Waals surface area contributed by atoms with Crippen LogP contribution in [0.4, 0.5) is 5.82 Å². The number of pyridine rings is 1. The van der Waals surface area contributed by atoms with Gasteiger partial charge in [-0.05, 0) is 36.7 Å². The van der Waals surface area contributed by atoms with E-state index in [1.807, 2.05) is 0 Å². The maximum absolute atomic E-state index is 12.6. The molecule has 3 N–H and O–H groups in total. The molecule has 9 nitrogen and oxygen atoms in total. The van der Waals surface area contributed by atoms with Gasteiger partial charge in [0, 0.05) is 25.8 Å². The number of anilines is 1. The number of methoxy groups -OCH3 is 1. The Kier molecular flexibility index (Phi) is 6.29. The summed E-state index contributed by atoms with van der Waals surface area (Å²) in [5, 5.41) is 6.28. The minimum atomic E-state index is -1.08. The lowest BCUT2D eigenvalue weighted by Gasteiger charge is -2.25. The number of hydrogen-bond donors (Lipinski definition) is 2. The number of ether oxygens (including phenoxy) is 2. The van der Waals surface area contributed by atoms with Crippen LogP contribution in [0.3, 0.4) is 0 Å². The summed E-state index contributed by atoms with van der Waals surface area (Å²) in [6.07, 6.45) is 3.11. The minimum Gasteiger partial charge on any atom is -0.467 e. The fourth-order valence-electron chi connectivity index (χ4n) is 2.05. The molecule has 0 aliphatic rings. The minimum absolute atomic E-state index is 0.189. The summed E-state index contributed by atoms with van der Waals surface area (Å²) in [5.74, 6) is -0.227. The third-order valence-corrected chi connectivity index (χ3v) is 3.81. The predicted octanol–water partition coefficient (Wildman–Crippen LogP) is 0.752. The summed E-state index contributed by atoms with van der Waals surface area (Å²) in [7, 11) is 1.42. The second kappa shape index (κ2) is 8.43. The number of carbonyl (C=O) groups is 2. The number of nitrogens with zero attached hydrogens (tertiary/aromatic N) is 2. The number of amides is 1. The van der Waals surface area contributed by atoms with Gasteiger partial charge in [-0.25, -0.2) is 4.98 Å². The van der Waals surface area contributed by atoms with Crippen molar-refractivity contribution >= 4 is 17.5 Å². The van der Waals surface area contributed by atoms with E-state index in [1.165, 1.54) is 19.4 Å². The average Bonchev–Trinajstić information content (AvgIpc) is 3.12. The van der Waals surface area contributed by atoms with Crippen molar-refractivity contribution < 1.29 is 23.6 Å². The molecular formula is C17H22N4O5. The van der Waals surface area contributed by atoms with Crippen LogP contribution < -0.4 is 15.8 Å². The topological polar surface area (TPSA) is 130 Å². The van der Waals surface area contributed by atoms with Crippen LogP contribution in [0.25, 0.3) is 0 Å². The normalized spacial score (nSPS) is 12.4. The molecule has 140 valence electrons. The van der Waals surface area contributed by atoms with Gasteiger partial charge in [0.1, 0.15) is 17.7 Å². The Hall–Kier alpha value is -2.94. The van der Waals surface area contributed by atoms with Crippen molar-refractivity contribution in [3.8, 4) is 5.88 Å². The summed E-state index contributed by atoms with van der Waals surface area (Å²) < 4.78 is 15.1. The summed E-state index contributed by atoms with van der Waals surface area (Å²) >= 11 is 0. The molecule has 1 amide bonds. The van der Waals surface area contributed by atoms with Crippen molar-refractivity contribution in [3.63, 3.8) is 0 Å². The first-order valence-electron chi connectivity index (χ1n) is 7.94. The summed E-state index contributed by atoms with van der Waals surface area (Å²) in [4.78, 5) is 28.9. The van der Waals surface area contributed by atoms with Crippen LogP contribution in [0.1, 0.15) is 19.4 Å². The zero-order valence-electron chi connectivity index (χ0n) is 14.9. The maximum Gasteiger partial charge on any atom is 0.254 e. The van der Waals surface area contributed by atoms with E-state index in [0.717, 1.165) is 5.56 Å². The third-order valence-electron chi connectivity index (χ3n) is 3.81. The van der Waals surface area contributed by atoms with Crippen molar-refractivity contribution in [2.24, 2.45) is 0 Å². The molecule has 0 bridgehead atoms. The fraction of sp³-hybridized carbons (Fsp3) is 0.412. The zero-order chi connectivity index (χ0) is 19.2. The molecule has 0 radical (unpaired) electrons. The van der Waals surface area contributed by atoms with Crippen LogP contribution in [0.5, 0.6) is 5.88 Å². The largest absolute Gasteiger partial charge is 0.467 e. The van der Waals surface area contributed by atoms with Gasteiger partial charge in [0.25, 0.3) is 11.8 Å². The van der Waals surface area contributed by atoms with E-state index in [0.29, 0.717) is 5.82 Å². The molecule has 9 heteroatoms. The molecule has 0 saturated carbocycles. The lowest BCUT2D eigenvalue weighted by atomic mass is 10.0. The Bertz CT molecular complexity index is 745. The molecule has 2 aromatic heterocycles. The lowest BCUT2D eigenvalue weighted by molar-refractivity contribution is -0.142. The molecular weight excluding hydrogens is 340 g/mol. The van der Waals surface area contributed by atoms with Crippen LogP contribution in [0.15, 0.2) is 35.2 Å². The summed E-state index contributed by atoms with van der Waals surface area (Å²) in [5.41, 5.74) is 5.36. The molecule has 0 aliphatic heterocycles. The number of nitrogens with one attached hydrogen (secondary N) is 1. The highest BCUT2D eigenvalue weighted by Crippen LogP contribution is 2.12. The average molecular weight is 362 g/mol. The van der Waals surface area contributed by atoms with Crippen molar-refractivity contribution in [3.05, 3.63) is 36.2 Å². The van der Waals surface area contributed by atoms with Gasteiger partial charge in [-0.1, -0.05) is 0 Å². The van der Waals surface area contributed by atoms with Crippen LogP contribution in [0, 0.1) is 0 Å². The number of rotatable bonds is 9. The van der Waals surface area contributed by atoms with Crippen molar-refractivity contribution in [1.29, 1.82) is 0 Å². The molecule has 1 atom stereocenters. The van der Waals surface area contributed by atoms with Gasteiger partial charge >= 0.3 is 0 Å². The molecule has 0 spiro atoms. The lowest BCUT2D eigenvalue weighted by Crippen LogP contribution is -2.52. The Balaban J connectivity index is 2.11. The van der Waals surface area contributed by atoms with Gasteiger partial charge in [-0.3, -0.25) is 9.59 Å². The van der Waals surface area contributed by atoms with Crippen molar-refractivity contribution in [1.82, 2.24) is 15.5 Å². The second-order valence-corrected chi connectivity index (χ2v) is 6.13. The number of hydrogen-bond acceptors (Lipinski definition) is 8. The maximum atomic E-state index is 12.6. The van der Waals surface area contributed by atoms with Gasteiger partial charge in [-0.15, -0.1) is 0 Å². The monoisotopic (exact) mass is 362 g/mol. The van der Waals surface area contributed by atoms with E-state index in [9.17, 15) is 9.59 Å². The van der Waals surface area contributed by atoms with Gasteiger partial charge in [0.2, 0.25) is 0 Å². The Morgan fingerprint density at radius 2 is 2.15 bits per heavy atom. The van der Waals surface area contributed by atoms with E-state index < -0.39 is 17.6 Å². The number of aromatic nitrogens is 2. The van der Waals surface area contributed by atoms with Crippen LogP contribution in [-0.2, 0) is 20.7 Å². The Morgan fingerprint density at radius 1 is 1.38 bits per heavy atom. The number of nitrogen functional groups attached to an aromatic ring is 1. The smallest absolute Gasteiger partial charge is 0.254 e. The fourth-order valence-corrected chi connectivity index (χ4v) is 2.05. The van der Waals surface area contributed by atoms with Crippen LogP contribution >= 0.6 is 0 Å². The van der Waals surface area contributed by atoms with Crippen molar-refractivity contribution in [2.75, 3.05) is 19.5 Å². The zero-order valence-corrected chi connectivity index (χ0v) is 14.9. The second-order valence-electron chi connectivity index (χ2n) is 6.13. The number of carbonyl (C=O) groups excluding carboxylic acids is 2. The van der Waals surface area contributed by atoms with Crippen molar-refractivity contribution in [2.45, 2.75) is 31.9 Å². The predicted molar refractivity (Wildman–Crippen MR) is 92.4 cm³/mol. The molecule has 1 unspecified atom stereocenters. The molecule has 0 aliphatic carbocycles. The first-order valence-corrected chi connectivity index (χ1v) is 7.94.